The minimum atomic E-state index is -0.498. The summed E-state index contributed by atoms with van der Waals surface area (Å²) in [6, 6.07) is 6.60. The fourth-order valence-corrected chi connectivity index (χ4v) is 3.95. The highest BCUT2D eigenvalue weighted by atomic mass is 32.1. The molecule has 0 bridgehead atoms. The molecule has 0 aliphatic carbocycles. The number of ether oxygens (including phenoxy) is 1. The number of hydrogen-bond donors (Lipinski definition) is 2. The van der Waals surface area contributed by atoms with E-state index in [1.807, 2.05) is 0 Å². The molecule has 162 valence electrons. The predicted octanol–water partition coefficient (Wildman–Crippen LogP) is 2.93. The smallest absolute Gasteiger partial charge is 0.348 e. The summed E-state index contributed by atoms with van der Waals surface area (Å²) in [5, 5.41) is 5.63. The molecule has 2 heterocycles. The van der Waals surface area contributed by atoms with Crippen LogP contribution in [-0.4, -0.2) is 33.4 Å². The van der Waals surface area contributed by atoms with Gasteiger partial charge < -0.3 is 15.4 Å². The quantitative estimate of drug-likeness (QED) is 0.567. The highest BCUT2D eigenvalue weighted by Gasteiger charge is 2.21. The van der Waals surface area contributed by atoms with Crippen LogP contribution in [0.1, 0.15) is 36.0 Å². The molecule has 0 spiro atoms. The third-order valence-corrected chi connectivity index (χ3v) is 5.43. The molecule has 1 aromatic carbocycles. The topological polar surface area (TPSA) is 119 Å². The Morgan fingerprint density at radius 1 is 1.13 bits per heavy atom. The summed E-state index contributed by atoms with van der Waals surface area (Å²) in [5.74, 6) is -1.10. The molecular weight excluding hydrogens is 420 g/mol. The van der Waals surface area contributed by atoms with Gasteiger partial charge in [-0.05, 0) is 50.6 Å². The second-order valence-electron chi connectivity index (χ2n) is 7.17. The molecule has 10 heteroatoms. The van der Waals surface area contributed by atoms with E-state index in [1.165, 1.54) is 17.8 Å². The van der Waals surface area contributed by atoms with Gasteiger partial charge in [-0.15, -0.1) is 11.3 Å². The van der Waals surface area contributed by atoms with Gasteiger partial charge in [0.1, 0.15) is 16.3 Å². The second kappa shape index (κ2) is 9.09. The number of benzene rings is 1. The lowest BCUT2D eigenvalue weighted by Gasteiger charge is -2.08. The SMILES string of the molecule is CC(=O)Nc1ccc(NC(=O)Cn2cnc3sc(C(=O)OC(C)C)c(C)c3c2=O)cc1. The molecule has 9 nitrogen and oxygen atoms in total. The van der Waals surface area contributed by atoms with Crippen molar-refractivity contribution >= 4 is 50.7 Å². The van der Waals surface area contributed by atoms with Gasteiger partial charge in [-0.3, -0.25) is 19.0 Å². The minimum absolute atomic E-state index is 0.191. The summed E-state index contributed by atoms with van der Waals surface area (Å²) in [6.07, 6.45) is 1.01. The Hall–Kier alpha value is -3.53. The zero-order chi connectivity index (χ0) is 22.7. The van der Waals surface area contributed by atoms with Crippen LogP contribution in [0.4, 0.5) is 11.4 Å². The maximum absolute atomic E-state index is 12.9. The van der Waals surface area contributed by atoms with Crippen molar-refractivity contribution < 1.29 is 19.1 Å². The van der Waals surface area contributed by atoms with Gasteiger partial charge in [0, 0.05) is 18.3 Å². The number of amides is 2. The summed E-state index contributed by atoms with van der Waals surface area (Å²) in [5.41, 5.74) is 1.22. The molecule has 31 heavy (non-hydrogen) atoms. The number of hydrogen-bond acceptors (Lipinski definition) is 7. The molecule has 0 aliphatic rings. The van der Waals surface area contributed by atoms with E-state index in [1.54, 1.807) is 45.0 Å². The normalized spacial score (nSPS) is 10.9. The molecule has 2 aromatic heterocycles. The highest BCUT2D eigenvalue weighted by molar-refractivity contribution is 7.20. The Morgan fingerprint density at radius 3 is 2.32 bits per heavy atom. The third-order valence-electron chi connectivity index (χ3n) is 4.25. The number of nitrogens with one attached hydrogen (secondary N) is 2. The number of aryl methyl sites for hydroxylation is 1. The van der Waals surface area contributed by atoms with E-state index in [4.69, 9.17) is 4.74 Å². The Balaban J connectivity index is 1.78. The number of thiophene rings is 1. The van der Waals surface area contributed by atoms with Crippen LogP contribution in [0.15, 0.2) is 35.4 Å². The van der Waals surface area contributed by atoms with Gasteiger partial charge in [0.15, 0.2) is 0 Å². The first-order valence-electron chi connectivity index (χ1n) is 9.52. The number of aromatic nitrogens is 2. The Bertz CT molecular complexity index is 1210. The molecule has 0 fully saturated rings. The molecule has 0 aliphatic heterocycles. The van der Waals surface area contributed by atoms with Crippen molar-refractivity contribution in [3.63, 3.8) is 0 Å². The lowest BCUT2D eigenvalue weighted by molar-refractivity contribution is -0.117. The van der Waals surface area contributed by atoms with Crippen molar-refractivity contribution in [3.05, 3.63) is 51.4 Å². The number of esters is 1. The van der Waals surface area contributed by atoms with Crippen LogP contribution >= 0.6 is 11.3 Å². The van der Waals surface area contributed by atoms with E-state index in [0.717, 1.165) is 11.3 Å². The average molecular weight is 442 g/mol. The van der Waals surface area contributed by atoms with Gasteiger partial charge in [0.2, 0.25) is 11.8 Å². The number of rotatable bonds is 6. The van der Waals surface area contributed by atoms with E-state index in [9.17, 15) is 19.2 Å². The van der Waals surface area contributed by atoms with Crippen molar-refractivity contribution in [1.82, 2.24) is 9.55 Å². The number of fused-ring (bicyclic) bond motifs is 1. The van der Waals surface area contributed by atoms with Crippen LogP contribution in [0.3, 0.4) is 0 Å². The summed E-state index contributed by atoms with van der Waals surface area (Å²) < 4.78 is 6.42. The van der Waals surface area contributed by atoms with Gasteiger partial charge in [-0.25, -0.2) is 9.78 Å². The van der Waals surface area contributed by atoms with Crippen LogP contribution in [0.2, 0.25) is 0 Å². The average Bonchev–Trinajstić information content (AvgIpc) is 3.02. The third kappa shape index (κ3) is 5.15. The van der Waals surface area contributed by atoms with Crippen molar-refractivity contribution in [1.29, 1.82) is 0 Å². The lowest BCUT2D eigenvalue weighted by atomic mass is 10.2. The molecule has 0 atom stereocenters. The van der Waals surface area contributed by atoms with Gasteiger partial charge >= 0.3 is 5.97 Å². The Morgan fingerprint density at radius 2 is 1.74 bits per heavy atom. The molecule has 3 rings (SSSR count). The first-order valence-corrected chi connectivity index (χ1v) is 10.3. The van der Waals surface area contributed by atoms with Crippen LogP contribution in [0, 0.1) is 6.92 Å². The van der Waals surface area contributed by atoms with E-state index in [2.05, 4.69) is 15.6 Å². The summed E-state index contributed by atoms with van der Waals surface area (Å²) in [6.45, 7) is 6.33. The van der Waals surface area contributed by atoms with Gasteiger partial charge in [-0.2, -0.15) is 0 Å². The lowest BCUT2D eigenvalue weighted by Crippen LogP contribution is -2.27. The van der Waals surface area contributed by atoms with Gasteiger partial charge in [0.05, 0.1) is 17.8 Å². The highest BCUT2D eigenvalue weighted by Crippen LogP contribution is 2.27. The van der Waals surface area contributed by atoms with E-state index in [0.29, 0.717) is 32.0 Å². The van der Waals surface area contributed by atoms with E-state index >= 15 is 0 Å². The Labute approximate surface area is 182 Å². The number of carbonyl (C=O) groups excluding carboxylic acids is 3. The van der Waals surface area contributed by atoms with Crippen LogP contribution < -0.4 is 16.2 Å². The van der Waals surface area contributed by atoms with Gasteiger partial charge in [0.25, 0.3) is 5.56 Å². The van der Waals surface area contributed by atoms with Crippen molar-refractivity contribution in [2.45, 2.75) is 40.3 Å². The van der Waals surface area contributed by atoms with Gasteiger partial charge in [-0.1, -0.05) is 0 Å². The van der Waals surface area contributed by atoms with E-state index in [-0.39, 0.29) is 18.6 Å². The van der Waals surface area contributed by atoms with Crippen LogP contribution in [0.5, 0.6) is 0 Å². The molecule has 0 saturated heterocycles. The maximum Gasteiger partial charge on any atom is 0.348 e. The summed E-state index contributed by atoms with van der Waals surface area (Å²) >= 11 is 1.09. The molecule has 0 radical (unpaired) electrons. The zero-order valence-electron chi connectivity index (χ0n) is 17.5. The Kier molecular flexibility index (Phi) is 6.50. The van der Waals surface area contributed by atoms with Crippen molar-refractivity contribution in [2.75, 3.05) is 10.6 Å². The van der Waals surface area contributed by atoms with Crippen molar-refractivity contribution in [3.8, 4) is 0 Å². The summed E-state index contributed by atoms with van der Waals surface area (Å²) in [4.78, 5) is 53.6. The maximum atomic E-state index is 12.9. The van der Waals surface area contributed by atoms with Crippen LogP contribution in [0.25, 0.3) is 10.2 Å². The fraction of sp³-hybridized carbons (Fsp3) is 0.286. The second-order valence-corrected chi connectivity index (χ2v) is 8.17. The predicted molar refractivity (Wildman–Crippen MR) is 119 cm³/mol. The molecule has 2 N–H and O–H groups in total. The monoisotopic (exact) mass is 442 g/mol. The minimum Gasteiger partial charge on any atom is -0.459 e. The first-order chi connectivity index (χ1) is 14.7. The van der Waals surface area contributed by atoms with E-state index < -0.39 is 17.4 Å². The first kappa shape index (κ1) is 22.2. The summed E-state index contributed by atoms with van der Waals surface area (Å²) in [7, 11) is 0. The standard InChI is InChI=1S/C21H22N4O5S/c1-11(2)30-21(29)18-12(3)17-19(31-18)22-10-25(20(17)28)9-16(27)24-15-7-5-14(6-8-15)23-13(4)26/h5-8,10-11H,9H2,1-4H3,(H,23,26)(H,24,27). The fourth-order valence-electron chi connectivity index (χ4n) is 2.93. The molecular formula is C21H22N4O5S. The number of carbonyl (C=O) groups is 3. The molecule has 0 saturated carbocycles. The molecule has 2 amide bonds. The zero-order valence-corrected chi connectivity index (χ0v) is 18.3. The molecule has 3 aromatic rings. The van der Waals surface area contributed by atoms with Crippen LogP contribution in [-0.2, 0) is 20.9 Å². The number of nitrogens with zero attached hydrogens (tertiary/aromatic N) is 2. The van der Waals surface area contributed by atoms with Crippen molar-refractivity contribution in [2.24, 2.45) is 0 Å². The number of anilines is 2. The largest absolute Gasteiger partial charge is 0.459 e. The molecule has 0 unspecified atom stereocenters.